The minimum atomic E-state index is 0.129. The number of hydrogen-bond acceptors (Lipinski definition) is 2. The molecule has 0 aliphatic heterocycles. The molecular formula is C14H18BrN3. The van der Waals surface area contributed by atoms with E-state index in [0.717, 1.165) is 23.3 Å². The summed E-state index contributed by atoms with van der Waals surface area (Å²) in [5.41, 5.74) is 1.22. The predicted molar refractivity (Wildman–Crippen MR) is 77.6 cm³/mol. The molecule has 1 N–H and O–H groups in total. The molecule has 4 heteroatoms. The topological polar surface area (TPSA) is 29.9 Å². The lowest BCUT2D eigenvalue weighted by Gasteiger charge is -2.18. The molecule has 3 nitrogen and oxygen atoms in total. The summed E-state index contributed by atoms with van der Waals surface area (Å²) in [4.78, 5) is 4.50. The van der Waals surface area contributed by atoms with Gasteiger partial charge in [0.05, 0.1) is 6.04 Å². The van der Waals surface area contributed by atoms with Gasteiger partial charge in [0.25, 0.3) is 0 Å². The van der Waals surface area contributed by atoms with Gasteiger partial charge in [-0.1, -0.05) is 35.0 Å². The Bertz CT molecular complexity index is 507. The lowest BCUT2D eigenvalue weighted by molar-refractivity contribution is 0.568. The van der Waals surface area contributed by atoms with Crippen molar-refractivity contribution in [1.29, 1.82) is 0 Å². The highest BCUT2D eigenvalue weighted by Crippen LogP contribution is 2.23. The third-order valence-corrected chi connectivity index (χ3v) is 3.43. The Hall–Kier alpha value is -1.13. The molecular weight excluding hydrogens is 290 g/mol. The van der Waals surface area contributed by atoms with Gasteiger partial charge in [-0.2, -0.15) is 0 Å². The number of aromatic nitrogens is 2. The summed E-state index contributed by atoms with van der Waals surface area (Å²) < 4.78 is 3.30. The van der Waals surface area contributed by atoms with Crippen LogP contribution in [0.2, 0.25) is 0 Å². The molecule has 0 amide bonds. The Morgan fingerprint density at radius 2 is 2.28 bits per heavy atom. The zero-order valence-electron chi connectivity index (χ0n) is 10.7. The minimum Gasteiger partial charge on any atom is -0.333 e. The Kier molecular flexibility index (Phi) is 4.55. The van der Waals surface area contributed by atoms with Crippen molar-refractivity contribution < 1.29 is 0 Å². The van der Waals surface area contributed by atoms with Crippen molar-refractivity contribution in [3.63, 3.8) is 0 Å². The Labute approximate surface area is 116 Å². The summed E-state index contributed by atoms with van der Waals surface area (Å²) in [6.07, 6.45) is 5.02. The van der Waals surface area contributed by atoms with Crippen LogP contribution in [0.5, 0.6) is 0 Å². The molecule has 2 aromatic rings. The summed E-state index contributed by atoms with van der Waals surface area (Å²) in [5, 5.41) is 3.34. The largest absolute Gasteiger partial charge is 0.333 e. The molecule has 18 heavy (non-hydrogen) atoms. The van der Waals surface area contributed by atoms with E-state index in [9.17, 15) is 0 Å². The number of nitrogens with one attached hydrogen (secondary N) is 1. The smallest absolute Gasteiger partial charge is 0.130 e. The SMILES string of the molecule is CCCn1ccnc1C(NC)c1cccc(Br)c1. The van der Waals surface area contributed by atoms with E-state index in [4.69, 9.17) is 0 Å². The lowest BCUT2D eigenvalue weighted by atomic mass is 10.1. The molecule has 0 aliphatic carbocycles. The standard InChI is InChI=1S/C14H18BrN3/c1-3-8-18-9-7-17-14(18)13(16-2)11-5-4-6-12(15)10-11/h4-7,9-10,13,16H,3,8H2,1-2H3. The molecule has 0 aliphatic rings. The number of aryl methyl sites for hydroxylation is 1. The second-order valence-electron chi connectivity index (χ2n) is 4.26. The number of nitrogens with zero attached hydrogens (tertiary/aromatic N) is 2. The Morgan fingerprint density at radius 1 is 1.44 bits per heavy atom. The first kappa shape index (κ1) is 13.3. The molecule has 1 unspecified atom stereocenters. The van der Waals surface area contributed by atoms with Gasteiger partial charge in [0, 0.05) is 23.4 Å². The highest BCUT2D eigenvalue weighted by molar-refractivity contribution is 9.10. The minimum absolute atomic E-state index is 0.129. The fourth-order valence-corrected chi connectivity index (χ4v) is 2.56. The van der Waals surface area contributed by atoms with Gasteiger partial charge in [0.15, 0.2) is 0 Å². The fraction of sp³-hybridized carbons (Fsp3) is 0.357. The maximum absolute atomic E-state index is 4.50. The summed E-state index contributed by atoms with van der Waals surface area (Å²) >= 11 is 3.52. The fourth-order valence-electron chi connectivity index (χ4n) is 2.14. The molecule has 2 rings (SSSR count). The highest BCUT2D eigenvalue weighted by atomic mass is 79.9. The van der Waals surface area contributed by atoms with Gasteiger partial charge in [-0.25, -0.2) is 4.98 Å². The van der Waals surface area contributed by atoms with Crippen LogP contribution in [0.25, 0.3) is 0 Å². The van der Waals surface area contributed by atoms with Crippen molar-refractivity contribution in [2.24, 2.45) is 0 Å². The van der Waals surface area contributed by atoms with Crippen LogP contribution in [0.1, 0.15) is 30.8 Å². The Balaban J connectivity index is 2.36. The van der Waals surface area contributed by atoms with Crippen molar-refractivity contribution in [2.75, 3.05) is 7.05 Å². The maximum Gasteiger partial charge on any atom is 0.130 e. The van der Waals surface area contributed by atoms with Crippen LogP contribution in [0.4, 0.5) is 0 Å². The van der Waals surface area contributed by atoms with Crippen LogP contribution in [0, 0.1) is 0 Å². The van der Waals surface area contributed by atoms with Gasteiger partial charge in [0.2, 0.25) is 0 Å². The average molecular weight is 308 g/mol. The third kappa shape index (κ3) is 2.82. The van der Waals surface area contributed by atoms with Crippen LogP contribution in [0.15, 0.2) is 41.1 Å². The molecule has 0 fully saturated rings. The third-order valence-electron chi connectivity index (χ3n) is 2.94. The molecule has 0 spiro atoms. The van der Waals surface area contributed by atoms with Crippen molar-refractivity contribution >= 4 is 15.9 Å². The van der Waals surface area contributed by atoms with E-state index < -0.39 is 0 Å². The summed E-state index contributed by atoms with van der Waals surface area (Å²) in [6.45, 7) is 3.18. The highest BCUT2D eigenvalue weighted by Gasteiger charge is 2.17. The number of benzene rings is 1. The zero-order chi connectivity index (χ0) is 13.0. The number of halogens is 1. The van der Waals surface area contributed by atoms with Gasteiger partial charge in [-0.3, -0.25) is 0 Å². The molecule has 0 saturated carbocycles. The van der Waals surface area contributed by atoms with Gasteiger partial charge >= 0.3 is 0 Å². The first-order valence-corrected chi connectivity index (χ1v) is 6.99. The van der Waals surface area contributed by atoms with Crippen LogP contribution in [0.3, 0.4) is 0 Å². The van der Waals surface area contributed by atoms with E-state index in [1.54, 1.807) is 0 Å². The number of rotatable bonds is 5. The molecule has 1 aromatic heterocycles. The number of imidazole rings is 1. The molecule has 1 heterocycles. The lowest BCUT2D eigenvalue weighted by Crippen LogP contribution is -2.22. The van der Waals surface area contributed by atoms with Gasteiger partial charge < -0.3 is 9.88 Å². The summed E-state index contributed by atoms with van der Waals surface area (Å²) in [6, 6.07) is 8.47. The predicted octanol–water partition coefficient (Wildman–Crippen LogP) is 3.36. The Morgan fingerprint density at radius 3 is 2.94 bits per heavy atom. The van der Waals surface area contributed by atoms with Crippen molar-refractivity contribution in [1.82, 2.24) is 14.9 Å². The van der Waals surface area contributed by atoms with Gasteiger partial charge in [0.1, 0.15) is 5.82 Å². The first-order valence-electron chi connectivity index (χ1n) is 6.20. The monoisotopic (exact) mass is 307 g/mol. The second-order valence-corrected chi connectivity index (χ2v) is 5.17. The van der Waals surface area contributed by atoms with Crippen LogP contribution >= 0.6 is 15.9 Å². The van der Waals surface area contributed by atoms with E-state index in [1.165, 1.54) is 5.56 Å². The number of hydrogen-bond donors (Lipinski definition) is 1. The summed E-state index contributed by atoms with van der Waals surface area (Å²) in [7, 11) is 1.97. The van der Waals surface area contributed by atoms with Crippen molar-refractivity contribution in [2.45, 2.75) is 25.9 Å². The molecule has 0 radical (unpaired) electrons. The average Bonchev–Trinajstić information content (AvgIpc) is 2.79. The van der Waals surface area contributed by atoms with Crippen LogP contribution in [-0.2, 0) is 6.54 Å². The van der Waals surface area contributed by atoms with E-state index in [1.807, 2.05) is 25.5 Å². The maximum atomic E-state index is 4.50. The normalized spacial score (nSPS) is 12.6. The van der Waals surface area contributed by atoms with E-state index in [0.29, 0.717) is 0 Å². The van der Waals surface area contributed by atoms with Crippen LogP contribution < -0.4 is 5.32 Å². The zero-order valence-corrected chi connectivity index (χ0v) is 12.3. The molecule has 1 aromatic carbocycles. The van der Waals surface area contributed by atoms with E-state index in [-0.39, 0.29) is 6.04 Å². The molecule has 0 bridgehead atoms. The van der Waals surface area contributed by atoms with Gasteiger partial charge in [-0.05, 0) is 31.2 Å². The molecule has 0 saturated heterocycles. The first-order chi connectivity index (χ1) is 8.76. The second kappa shape index (κ2) is 6.16. The molecule has 96 valence electrons. The van der Waals surface area contributed by atoms with Crippen molar-refractivity contribution in [3.8, 4) is 0 Å². The van der Waals surface area contributed by atoms with Gasteiger partial charge in [-0.15, -0.1) is 0 Å². The summed E-state index contributed by atoms with van der Waals surface area (Å²) in [5.74, 6) is 1.07. The van der Waals surface area contributed by atoms with Crippen molar-refractivity contribution in [3.05, 3.63) is 52.5 Å². The quantitative estimate of drug-likeness (QED) is 0.918. The van der Waals surface area contributed by atoms with E-state index >= 15 is 0 Å². The van der Waals surface area contributed by atoms with Crippen LogP contribution in [-0.4, -0.2) is 16.6 Å². The molecule has 1 atom stereocenters. The van der Waals surface area contributed by atoms with E-state index in [2.05, 4.69) is 55.9 Å².